The highest BCUT2D eigenvalue weighted by atomic mass is 15.3. The van der Waals surface area contributed by atoms with Gasteiger partial charge in [0.25, 0.3) is 0 Å². The normalized spacial score (nSPS) is 30.5. The van der Waals surface area contributed by atoms with Crippen molar-refractivity contribution < 1.29 is 0 Å². The minimum atomic E-state index is 0.581. The van der Waals surface area contributed by atoms with Gasteiger partial charge < -0.3 is 10.2 Å². The van der Waals surface area contributed by atoms with Crippen LogP contribution in [0.5, 0.6) is 0 Å². The summed E-state index contributed by atoms with van der Waals surface area (Å²) in [6.07, 6.45) is 0. The van der Waals surface area contributed by atoms with Crippen LogP contribution in [0.25, 0.3) is 0 Å². The van der Waals surface area contributed by atoms with Crippen LogP contribution in [0.2, 0.25) is 0 Å². The van der Waals surface area contributed by atoms with Gasteiger partial charge in [-0.2, -0.15) is 0 Å². The number of nitrogens with one attached hydrogen (secondary N) is 1. The van der Waals surface area contributed by atoms with Gasteiger partial charge in [0.15, 0.2) is 0 Å². The van der Waals surface area contributed by atoms with Gasteiger partial charge in [-0.05, 0) is 28.1 Å². The molecule has 0 aromatic rings. The van der Waals surface area contributed by atoms with Crippen LogP contribution in [0.3, 0.4) is 0 Å². The SMILES string of the molecule is CNC(C)C1CN(C)CCN1C. The maximum absolute atomic E-state index is 3.32. The molecule has 3 heteroatoms. The zero-order valence-electron chi connectivity index (χ0n) is 8.67. The van der Waals surface area contributed by atoms with Crippen molar-refractivity contribution >= 4 is 0 Å². The van der Waals surface area contributed by atoms with E-state index in [0.717, 1.165) is 0 Å². The Morgan fingerprint density at radius 1 is 1.33 bits per heavy atom. The summed E-state index contributed by atoms with van der Waals surface area (Å²) in [7, 11) is 6.45. The third-order valence-electron chi connectivity index (χ3n) is 2.93. The fourth-order valence-electron chi connectivity index (χ4n) is 1.78. The fourth-order valence-corrected chi connectivity index (χ4v) is 1.78. The van der Waals surface area contributed by atoms with E-state index in [4.69, 9.17) is 0 Å². The van der Waals surface area contributed by atoms with Crippen molar-refractivity contribution in [3.05, 3.63) is 0 Å². The molecular weight excluding hydrogens is 150 g/mol. The molecule has 0 aliphatic carbocycles. The lowest BCUT2D eigenvalue weighted by Crippen LogP contribution is -2.57. The summed E-state index contributed by atoms with van der Waals surface area (Å²) >= 11 is 0. The Balaban J connectivity index is 2.48. The van der Waals surface area contributed by atoms with Crippen molar-refractivity contribution in [2.45, 2.75) is 19.0 Å². The van der Waals surface area contributed by atoms with Crippen LogP contribution in [0.4, 0.5) is 0 Å². The number of piperazine rings is 1. The van der Waals surface area contributed by atoms with Crippen LogP contribution in [0, 0.1) is 0 Å². The molecular formula is C9H21N3. The highest BCUT2D eigenvalue weighted by molar-refractivity contribution is 4.85. The van der Waals surface area contributed by atoms with E-state index in [9.17, 15) is 0 Å². The zero-order chi connectivity index (χ0) is 9.14. The van der Waals surface area contributed by atoms with E-state index in [1.807, 2.05) is 7.05 Å². The predicted octanol–water partition coefficient (Wildman–Crippen LogP) is -0.160. The summed E-state index contributed by atoms with van der Waals surface area (Å²) < 4.78 is 0. The van der Waals surface area contributed by atoms with Gasteiger partial charge in [0.1, 0.15) is 0 Å². The molecule has 0 radical (unpaired) electrons. The van der Waals surface area contributed by atoms with E-state index in [-0.39, 0.29) is 0 Å². The minimum Gasteiger partial charge on any atom is -0.316 e. The number of hydrogen-bond donors (Lipinski definition) is 1. The van der Waals surface area contributed by atoms with Crippen molar-refractivity contribution in [3.63, 3.8) is 0 Å². The summed E-state index contributed by atoms with van der Waals surface area (Å²) in [6, 6.07) is 1.24. The first-order chi connectivity index (χ1) is 5.65. The van der Waals surface area contributed by atoms with Gasteiger partial charge in [0.05, 0.1) is 0 Å². The molecule has 1 N–H and O–H groups in total. The lowest BCUT2D eigenvalue weighted by atomic mass is 10.1. The molecule has 1 aliphatic heterocycles. The molecule has 0 saturated carbocycles. The third-order valence-corrected chi connectivity index (χ3v) is 2.93. The summed E-state index contributed by atoms with van der Waals surface area (Å²) in [4.78, 5) is 4.85. The summed E-state index contributed by atoms with van der Waals surface area (Å²) in [5.74, 6) is 0. The van der Waals surface area contributed by atoms with Crippen molar-refractivity contribution in [2.24, 2.45) is 0 Å². The highest BCUT2D eigenvalue weighted by Crippen LogP contribution is 2.08. The lowest BCUT2D eigenvalue weighted by molar-refractivity contribution is 0.0941. The molecule has 1 heterocycles. The smallest absolute Gasteiger partial charge is 0.0371 e. The first-order valence-corrected chi connectivity index (χ1v) is 4.71. The summed E-state index contributed by atoms with van der Waals surface area (Å²) in [6.45, 7) is 5.81. The summed E-state index contributed by atoms with van der Waals surface area (Å²) in [5, 5.41) is 3.32. The van der Waals surface area contributed by atoms with Crippen LogP contribution in [-0.4, -0.2) is 62.7 Å². The number of hydrogen-bond acceptors (Lipinski definition) is 3. The molecule has 1 aliphatic rings. The number of rotatable bonds is 2. The average molecular weight is 171 g/mol. The maximum atomic E-state index is 3.32. The molecule has 0 aromatic heterocycles. The van der Waals surface area contributed by atoms with Gasteiger partial charge in [-0.25, -0.2) is 0 Å². The zero-order valence-corrected chi connectivity index (χ0v) is 8.67. The molecule has 0 spiro atoms. The Labute approximate surface area is 75.7 Å². The maximum Gasteiger partial charge on any atom is 0.0371 e. The van der Waals surface area contributed by atoms with Crippen molar-refractivity contribution in [1.29, 1.82) is 0 Å². The highest BCUT2D eigenvalue weighted by Gasteiger charge is 2.25. The Hall–Kier alpha value is -0.120. The van der Waals surface area contributed by atoms with Gasteiger partial charge in [0, 0.05) is 31.7 Å². The first kappa shape index (κ1) is 9.96. The minimum absolute atomic E-state index is 0.581. The van der Waals surface area contributed by atoms with Gasteiger partial charge in [0.2, 0.25) is 0 Å². The monoisotopic (exact) mass is 171 g/mol. The van der Waals surface area contributed by atoms with E-state index >= 15 is 0 Å². The van der Waals surface area contributed by atoms with Crippen molar-refractivity contribution in [3.8, 4) is 0 Å². The number of nitrogens with zero attached hydrogens (tertiary/aromatic N) is 2. The molecule has 72 valence electrons. The Morgan fingerprint density at radius 2 is 2.00 bits per heavy atom. The van der Waals surface area contributed by atoms with Crippen LogP contribution < -0.4 is 5.32 Å². The molecule has 0 aromatic carbocycles. The molecule has 0 bridgehead atoms. The quantitative estimate of drug-likeness (QED) is 0.623. The molecule has 1 rings (SSSR count). The molecule has 3 nitrogen and oxygen atoms in total. The van der Waals surface area contributed by atoms with Gasteiger partial charge in [-0.3, -0.25) is 4.90 Å². The van der Waals surface area contributed by atoms with Crippen molar-refractivity contribution in [1.82, 2.24) is 15.1 Å². The average Bonchev–Trinajstić information content (AvgIpc) is 2.08. The van der Waals surface area contributed by atoms with Crippen molar-refractivity contribution in [2.75, 3.05) is 40.8 Å². The van der Waals surface area contributed by atoms with Gasteiger partial charge >= 0.3 is 0 Å². The lowest BCUT2D eigenvalue weighted by Gasteiger charge is -2.40. The molecule has 1 saturated heterocycles. The van der Waals surface area contributed by atoms with Crippen LogP contribution in [0.1, 0.15) is 6.92 Å². The molecule has 2 unspecified atom stereocenters. The molecule has 2 atom stereocenters. The van der Waals surface area contributed by atoms with E-state index in [2.05, 4.69) is 36.1 Å². The van der Waals surface area contributed by atoms with E-state index in [1.54, 1.807) is 0 Å². The van der Waals surface area contributed by atoms with E-state index in [1.165, 1.54) is 19.6 Å². The van der Waals surface area contributed by atoms with Crippen LogP contribution >= 0.6 is 0 Å². The summed E-state index contributed by atoms with van der Waals surface area (Å²) in [5.41, 5.74) is 0. The largest absolute Gasteiger partial charge is 0.316 e. The first-order valence-electron chi connectivity index (χ1n) is 4.71. The molecule has 12 heavy (non-hydrogen) atoms. The topological polar surface area (TPSA) is 18.5 Å². The van der Waals surface area contributed by atoms with E-state index < -0.39 is 0 Å². The predicted molar refractivity (Wildman–Crippen MR) is 52.4 cm³/mol. The second-order valence-corrected chi connectivity index (χ2v) is 3.89. The second kappa shape index (κ2) is 4.21. The third kappa shape index (κ3) is 2.19. The second-order valence-electron chi connectivity index (χ2n) is 3.89. The Kier molecular flexibility index (Phi) is 3.50. The molecule has 0 amide bonds. The van der Waals surface area contributed by atoms with E-state index in [0.29, 0.717) is 12.1 Å². The van der Waals surface area contributed by atoms with Crippen LogP contribution in [-0.2, 0) is 0 Å². The fraction of sp³-hybridized carbons (Fsp3) is 1.00. The standard InChI is InChI=1S/C9H21N3/c1-8(10-2)9-7-11(3)5-6-12(9)4/h8-10H,5-7H2,1-4H3. The molecule has 1 fully saturated rings. The number of likely N-dealkylation sites (N-methyl/N-ethyl adjacent to an activating group) is 3. The van der Waals surface area contributed by atoms with Crippen LogP contribution in [0.15, 0.2) is 0 Å². The van der Waals surface area contributed by atoms with Gasteiger partial charge in [-0.1, -0.05) is 0 Å². The van der Waals surface area contributed by atoms with Gasteiger partial charge in [-0.15, -0.1) is 0 Å². The Bertz CT molecular complexity index is 134. The Morgan fingerprint density at radius 3 is 2.58 bits per heavy atom.